The monoisotopic (exact) mass is 291 g/mol. The summed E-state index contributed by atoms with van der Waals surface area (Å²) in [5, 5.41) is 0. The summed E-state index contributed by atoms with van der Waals surface area (Å²) in [5.41, 5.74) is 6.38. The van der Waals surface area contributed by atoms with E-state index in [9.17, 15) is 0 Å². The standard InChI is InChI=1S/C15H17NO3S/c16-15(20)12-4-1-5-13(10-12)18-9-3-7-17-11-14-6-2-8-19-14/h1-2,4-6,8,10H,3,7,9,11H2,(H2,16,20). The van der Waals surface area contributed by atoms with Gasteiger partial charge >= 0.3 is 0 Å². The maximum atomic E-state index is 5.62. The highest BCUT2D eigenvalue weighted by atomic mass is 32.1. The van der Waals surface area contributed by atoms with Crippen LogP contribution in [0, 0.1) is 0 Å². The third-order valence-corrected chi connectivity index (χ3v) is 2.88. The van der Waals surface area contributed by atoms with Gasteiger partial charge in [-0.25, -0.2) is 0 Å². The van der Waals surface area contributed by atoms with Crippen molar-refractivity contribution >= 4 is 17.2 Å². The molecule has 0 saturated heterocycles. The molecule has 0 spiro atoms. The molecule has 0 atom stereocenters. The maximum absolute atomic E-state index is 5.62. The molecule has 0 saturated carbocycles. The van der Waals surface area contributed by atoms with Crippen molar-refractivity contribution in [1.29, 1.82) is 0 Å². The van der Waals surface area contributed by atoms with Crippen molar-refractivity contribution in [3.05, 3.63) is 54.0 Å². The average Bonchev–Trinajstić information content (AvgIpc) is 2.96. The van der Waals surface area contributed by atoms with E-state index in [2.05, 4.69) is 0 Å². The summed E-state index contributed by atoms with van der Waals surface area (Å²) < 4.78 is 16.2. The minimum absolute atomic E-state index is 0.372. The molecule has 0 aliphatic rings. The molecule has 0 aliphatic carbocycles. The molecule has 2 N–H and O–H groups in total. The molecule has 1 aromatic heterocycles. The van der Waals surface area contributed by atoms with E-state index >= 15 is 0 Å². The highest BCUT2D eigenvalue weighted by Crippen LogP contribution is 2.13. The zero-order valence-corrected chi connectivity index (χ0v) is 11.9. The van der Waals surface area contributed by atoms with Crippen LogP contribution in [0.1, 0.15) is 17.7 Å². The van der Waals surface area contributed by atoms with Gasteiger partial charge in [0.15, 0.2) is 0 Å². The Labute approximate surface area is 123 Å². The molecule has 20 heavy (non-hydrogen) atoms. The number of hydrogen-bond acceptors (Lipinski definition) is 4. The van der Waals surface area contributed by atoms with Crippen molar-refractivity contribution in [2.75, 3.05) is 13.2 Å². The summed E-state index contributed by atoms with van der Waals surface area (Å²) in [4.78, 5) is 0.372. The minimum atomic E-state index is 0.372. The Hall–Kier alpha value is -1.85. The summed E-state index contributed by atoms with van der Waals surface area (Å²) in [6.45, 7) is 1.69. The van der Waals surface area contributed by atoms with Gasteiger partial charge in [0.05, 0.1) is 19.5 Å². The maximum Gasteiger partial charge on any atom is 0.129 e. The van der Waals surface area contributed by atoms with E-state index in [4.69, 9.17) is 31.8 Å². The molecule has 0 bridgehead atoms. The SMILES string of the molecule is NC(=S)c1cccc(OCCCOCc2ccco2)c1. The Morgan fingerprint density at radius 3 is 2.85 bits per heavy atom. The Kier molecular flexibility index (Phi) is 5.58. The topological polar surface area (TPSA) is 57.6 Å². The summed E-state index contributed by atoms with van der Waals surface area (Å²) in [7, 11) is 0. The molecular weight excluding hydrogens is 274 g/mol. The molecule has 106 valence electrons. The van der Waals surface area contributed by atoms with E-state index in [1.807, 2.05) is 36.4 Å². The van der Waals surface area contributed by atoms with Crippen LogP contribution in [0.2, 0.25) is 0 Å². The Balaban J connectivity index is 1.63. The Morgan fingerprint density at radius 2 is 2.10 bits per heavy atom. The van der Waals surface area contributed by atoms with Gasteiger partial charge in [0.2, 0.25) is 0 Å². The summed E-state index contributed by atoms with van der Waals surface area (Å²) in [5.74, 6) is 1.59. The van der Waals surface area contributed by atoms with Crippen LogP contribution >= 0.6 is 12.2 Å². The lowest BCUT2D eigenvalue weighted by molar-refractivity contribution is 0.0944. The number of thiocarbonyl (C=S) groups is 1. The number of benzene rings is 1. The van der Waals surface area contributed by atoms with Crippen LogP contribution in [0.4, 0.5) is 0 Å². The first-order valence-corrected chi connectivity index (χ1v) is 6.79. The first kappa shape index (κ1) is 14.6. The fourth-order valence-corrected chi connectivity index (χ4v) is 1.78. The zero-order valence-electron chi connectivity index (χ0n) is 11.1. The number of rotatable bonds is 8. The van der Waals surface area contributed by atoms with Crippen molar-refractivity contribution < 1.29 is 13.9 Å². The van der Waals surface area contributed by atoms with E-state index in [1.165, 1.54) is 0 Å². The van der Waals surface area contributed by atoms with Crippen molar-refractivity contribution in [2.24, 2.45) is 5.73 Å². The van der Waals surface area contributed by atoms with Gasteiger partial charge in [-0.1, -0.05) is 24.4 Å². The van der Waals surface area contributed by atoms with E-state index in [-0.39, 0.29) is 0 Å². The lowest BCUT2D eigenvalue weighted by atomic mass is 10.2. The predicted octanol–water partition coefficient (Wildman–Crippen LogP) is 2.90. The van der Waals surface area contributed by atoms with E-state index < -0.39 is 0 Å². The van der Waals surface area contributed by atoms with Crippen LogP contribution in [0.25, 0.3) is 0 Å². The van der Waals surface area contributed by atoms with Gasteiger partial charge in [0, 0.05) is 12.0 Å². The molecule has 2 aromatic rings. The van der Waals surface area contributed by atoms with Crippen LogP contribution in [-0.2, 0) is 11.3 Å². The van der Waals surface area contributed by atoms with Crippen LogP contribution < -0.4 is 10.5 Å². The third-order valence-electron chi connectivity index (χ3n) is 2.64. The van der Waals surface area contributed by atoms with Gasteiger partial charge < -0.3 is 19.6 Å². The second-order valence-electron chi connectivity index (χ2n) is 4.23. The van der Waals surface area contributed by atoms with Crippen LogP contribution in [-0.4, -0.2) is 18.2 Å². The van der Waals surface area contributed by atoms with E-state index in [1.54, 1.807) is 6.26 Å². The molecule has 0 unspecified atom stereocenters. The Bertz CT molecular complexity index is 540. The number of hydrogen-bond donors (Lipinski definition) is 1. The van der Waals surface area contributed by atoms with Crippen LogP contribution in [0.3, 0.4) is 0 Å². The van der Waals surface area contributed by atoms with Gasteiger partial charge in [-0.05, 0) is 24.3 Å². The van der Waals surface area contributed by atoms with Crippen molar-refractivity contribution in [2.45, 2.75) is 13.0 Å². The van der Waals surface area contributed by atoms with Gasteiger partial charge in [-0.3, -0.25) is 0 Å². The minimum Gasteiger partial charge on any atom is -0.493 e. The van der Waals surface area contributed by atoms with Gasteiger partial charge in [-0.15, -0.1) is 0 Å². The highest BCUT2D eigenvalue weighted by Gasteiger charge is 2.00. The van der Waals surface area contributed by atoms with Crippen molar-refractivity contribution in [1.82, 2.24) is 0 Å². The molecule has 0 amide bonds. The fourth-order valence-electron chi connectivity index (χ4n) is 1.66. The van der Waals surface area contributed by atoms with Crippen molar-refractivity contribution in [3.8, 4) is 5.75 Å². The number of nitrogens with two attached hydrogens (primary N) is 1. The quantitative estimate of drug-likeness (QED) is 0.598. The number of furan rings is 1. The molecular formula is C15H17NO3S. The summed E-state index contributed by atoms with van der Waals surface area (Å²) in [6, 6.07) is 11.2. The second kappa shape index (κ2) is 7.67. The first-order chi connectivity index (χ1) is 9.75. The molecule has 1 aromatic carbocycles. The number of ether oxygens (including phenoxy) is 2. The lowest BCUT2D eigenvalue weighted by Crippen LogP contribution is -2.09. The van der Waals surface area contributed by atoms with Crippen molar-refractivity contribution in [3.63, 3.8) is 0 Å². The van der Waals surface area contributed by atoms with Crippen LogP contribution in [0.15, 0.2) is 47.1 Å². The average molecular weight is 291 g/mol. The van der Waals surface area contributed by atoms with Gasteiger partial charge in [-0.2, -0.15) is 0 Å². The summed E-state index contributed by atoms with van der Waals surface area (Å²) >= 11 is 4.92. The normalized spacial score (nSPS) is 10.4. The van der Waals surface area contributed by atoms with Gasteiger partial charge in [0.1, 0.15) is 23.1 Å². The zero-order chi connectivity index (χ0) is 14.2. The predicted molar refractivity (Wildman–Crippen MR) is 80.8 cm³/mol. The summed E-state index contributed by atoms with van der Waals surface area (Å²) in [6.07, 6.45) is 2.44. The highest BCUT2D eigenvalue weighted by molar-refractivity contribution is 7.80. The molecule has 0 radical (unpaired) electrons. The first-order valence-electron chi connectivity index (χ1n) is 6.38. The molecule has 5 heteroatoms. The smallest absolute Gasteiger partial charge is 0.129 e. The third kappa shape index (κ3) is 4.68. The van der Waals surface area contributed by atoms with Gasteiger partial charge in [0.25, 0.3) is 0 Å². The van der Waals surface area contributed by atoms with E-state index in [0.29, 0.717) is 24.8 Å². The molecule has 0 aliphatic heterocycles. The molecule has 0 fully saturated rings. The molecule has 4 nitrogen and oxygen atoms in total. The lowest BCUT2D eigenvalue weighted by Gasteiger charge is -2.07. The molecule has 2 rings (SSSR count). The largest absolute Gasteiger partial charge is 0.493 e. The molecule has 1 heterocycles. The second-order valence-corrected chi connectivity index (χ2v) is 4.67. The fraction of sp³-hybridized carbons (Fsp3) is 0.267. The van der Waals surface area contributed by atoms with E-state index in [0.717, 1.165) is 23.5 Å². The van der Waals surface area contributed by atoms with Crippen LogP contribution in [0.5, 0.6) is 5.75 Å². The Morgan fingerprint density at radius 1 is 1.20 bits per heavy atom.